The first-order valence-corrected chi connectivity index (χ1v) is 5.04. The first-order valence-electron chi connectivity index (χ1n) is 5.04. The second-order valence-corrected chi connectivity index (χ2v) is 3.57. The van der Waals surface area contributed by atoms with Gasteiger partial charge in [-0.3, -0.25) is 9.59 Å². The van der Waals surface area contributed by atoms with Crippen molar-refractivity contribution in [3.63, 3.8) is 0 Å². The minimum Gasteiger partial charge on any atom is -0.383 e. The monoisotopic (exact) mass is 224 g/mol. The van der Waals surface area contributed by atoms with Crippen LogP contribution in [0, 0.1) is 13.8 Å². The Morgan fingerprint density at radius 1 is 1.50 bits per heavy atom. The van der Waals surface area contributed by atoms with E-state index < -0.39 is 0 Å². The van der Waals surface area contributed by atoms with Gasteiger partial charge in [0.2, 0.25) is 0 Å². The van der Waals surface area contributed by atoms with E-state index in [1.54, 1.807) is 20.1 Å². The van der Waals surface area contributed by atoms with Gasteiger partial charge in [0, 0.05) is 19.3 Å². The lowest BCUT2D eigenvalue weighted by Crippen LogP contribution is -2.32. The molecular weight excluding hydrogens is 208 g/mol. The number of pyridine rings is 1. The Labute approximate surface area is 93.8 Å². The summed E-state index contributed by atoms with van der Waals surface area (Å²) in [6.07, 6.45) is 0. The van der Waals surface area contributed by atoms with Gasteiger partial charge in [-0.15, -0.1) is 0 Å². The molecule has 5 nitrogen and oxygen atoms in total. The summed E-state index contributed by atoms with van der Waals surface area (Å²) < 4.78 is 4.80. The predicted molar refractivity (Wildman–Crippen MR) is 60.7 cm³/mol. The van der Waals surface area contributed by atoms with E-state index in [-0.39, 0.29) is 17.0 Å². The molecule has 2 N–H and O–H groups in total. The molecule has 0 saturated carbocycles. The summed E-state index contributed by atoms with van der Waals surface area (Å²) in [6.45, 7) is 4.46. The second-order valence-electron chi connectivity index (χ2n) is 3.57. The number of H-pyrrole nitrogens is 1. The van der Waals surface area contributed by atoms with Crippen molar-refractivity contribution < 1.29 is 9.53 Å². The topological polar surface area (TPSA) is 71.2 Å². The van der Waals surface area contributed by atoms with E-state index in [0.29, 0.717) is 13.2 Å². The number of nitrogens with one attached hydrogen (secondary N) is 2. The van der Waals surface area contributed by atoms with E-state index >= 15 is 0 Å². The summed E-state index contributed by atoms with van der Waals surface area (Å²) in [5.41, 5.74) is 1.44. The van der Waals surface area contributed by atoms with Gasteiger partial charge in [0.15, 0.2) is 0 Å². The number of carbonyl (C=O) groups excluding carboxylic acids is 1. The van der Waals surface area contributed by atoms with E-state index in [4.69, 9.17) is 4.74 Å². The molecule has 0 aliphatic carbocycles. The highest BCUT2D eigenvalue weighted by Gasteiger charge is 2.10. The summed E-state index contributed by atoms with van der Waals surface area (Å²) in [5, 5.41) is 2.60. The third kappa shape index (κ3) is 2.93. The van der Waals surface area contributed by atoms with Crippen molar-refractivity contribution in [3.8, 4) is 0 Å². The molecule has 5 heteroatoms. The maximum absolute atomic E-state index is 11.6. The van der Waals surface area contributed by atoms with Crippen LogP contribution in [0.1, 0.15) is 21.6 Å². The van der Waals surface area contributed by atoms with Crippen LogP contribution >= 0.6 is 0 Å². The number of carbonyl (C=O) groups is 1. The van der Waals surface area contributed by atoms with Crippen LogP contribution < -0.4 is 10.9 Å². The van der Waals surface area contributed by atoms with Gasteiger partial charge < -0.3 is 15.0 Å². The molecule has 0 fully saturated rings. The predicted octanol–water partition coefficient (Wildman–Crippen LogP) is 0.368. The van der Waals surface area contributed by atoms with Gasteiger partial charge in [0.25, 0.3) is 11.5 Å². The summed E-state index contributed by atoms with van der Waals surface area (Å²) in [4.78, 5) is 25.8. The van der Waals surface area contributed by atoms with Crippen LogP contribution in [-0.2, 0) is 4.74 Å². The van der Waals surface area contributed by atoms with Gasteiger partial charge in [0.05, 0.1) is 6.61 Å². The summed E-state index contributed by atoms with van der Waals surface area (Å²) in [5.74, 6) is -0.374. The highest BCUT2D eigenvalue weighted by Crippen LogP contribution is 2.02. The van der Waals surface area contributed by atoms with E-state index in [1.807, 2.05) is 6.92 Å². The quantitative estimate of drug-likeness (QED) is 0.726. The van der Waals surface area contributed by atoms with Crippen LogP contribution in [-0.4, -0.2) is 31.2 Å². The standard InChI is InChI=1S/C11H16N2O3/c1-7-6-9(11(15)13-8(7)2)10(14)12-4-5-16-3/h6H,4-5H2,1-3H3,(H,12,14)(H,13,15). The van der Waals surface area contributed by atoms with Crippen LogP contribution in [0.4, 0.5) is 0 Å². The molecule has 1 aromatic heterocycles. The normalized spacial score (nSPS) is 10.2. The van der Waals surface area contributed by atoms with Gasteiger partial charge >= 0.3 is 0 Å². The molecule has 16 heavy (non-hydrogen) atoms. The van der Waals surface area contributed by atoms with Gasteiger partial charge in [-0.2, -0.15) is 0 Å². The van der Waals surface area contributed by atoms with Gasteiger partial charge in [-0.1, -0.05) is 0 Å². The van der Waals surface area contributed by atoms with E-state index in [2.05, 4.69) is 10.3 Å². The molecule has 0 aromatic carbocycles. The van der Waals surface area contributed by atoms with E-state index in [1.165, 1.54) is 0 Å². The molecule has 0 atom stereocenters. The Bertz CT molecular complexity index is 437. The van der Waals surface area contributed by atoms with Crippen molar-refractivity contribution in [1.82, 2.24) is 10.3 Å². The third-order valence-corrected chi connectivity index (χ3v) is 2.33. The first-order chi connectivity index (χ1) is 7.56. The molecule has 0 aliphatic rings. The Hall–Kier alpha value is -1.62. The molecule has 0 saturated heterocycles. The fraction of sp³-hybridized carbons (Fsp3) is 0.455. The molecule has 1 aromatic rings. The van der Waals surface area contributed by atoms with Crippen LogP contribution in [0.2, 0.25) is 0 Å². The van der Waals surface area contributed by atoms with Crippen LogP contribution in [0.25, 0.3) is 0 Å². The lowest BCUT2D eigenvalue weighted by Gasteiger charge is -2.05. The number of hydrogen-bond acceptors (Lipinski definition) is 3. The fourth-order valence-electron chi connectivity index (χ4n) is 1.26. The number of aromatic nitrogens is 1. The highest BCUT2D eigenvalue weighted by molar-refractivity contribution is 5.93. The molecule has 0 bridgehead atoms. The second kappa shape index (κ2) is 5.46. The lowest BCUT2D eigenvalue weighted by molar-refractivity contribution is 0.0935. The molecule has 0 spiro atoms. The van der Waals surface area contributed by atoms with Crippen LogP contribution in [0.3, 0.4) is 0 Å². The molecule has 1 rings (SSSR count). The smallest absolute Gasteiger partial charge is 0.261 e. The molecule has 1 amide bonds. The van der Waals surface area contributed by atoms with E-state index in [9.17, 15) is 9.59 Å². The van der Waals surface area contributed by atoms with E-state index in [0.717, 1.165) is 11.3 Å². The van der Waals surface area contributed by atoms with Crippen molar-refractivity contribution in [2.45, 2.75) is 13.8 Å². The van der Waals surface area contributed by atoms with Crippen molar-refractivity contribution in [1.29, 1.82) is 0 Å². The third-order valence-electron chi connectivity index (χ3n) is 2.33. The lowest BCUT2D eigenvalue weighted by atomic mass is 10.1. The fourth-order valence-corrected chi connectivity index (χ4v) is 1.26. The van der Waals surface area contributed by atoms with Gasteiger partial charge in [-0.25, -0.2) is 0 Å². The maximum Gasteiger partial charge on any atom is 0.261 e. The zero-order chi connectivity index (χ0) is 12.1. The minimum absolute atomic E-state index is 0.138. The number of aromatic amines is 1. The average Bonchev–Trinajstić information content (AvgIpc) is 2.23. The molecule has 0 aliphatic heterocycles. The zero-order valence-electron chi connectivity index (χ0n) is 9.72. The van der Waals surface area contributed by atoms with Crippen molar-refractivity contribution >= 4 is 5.91 Å². The highest BCUT2D eigenvalue weighted by atomic mass is 16.5. The summed E-state index contributed by atoms with van der Waals surface area (Å²) in [6, 6.07) is 1.59. The number of amides is 1. The van der Waals surface area contributed by atoms with Crippen molar-refractivity contribution in [2.75, 3.05) is 20.3 Å². The molecule has 88 valence electrons. The van der Waals surface area contributed by atoms with Crippen molar-refractivity contribution in [3.05, 3.63) is 33.2 Å². The maximum atomic E-state index is 11.6. The Balaban J connectivity index is 2.84. The van der Waals surface area contributed by atoms with Gasteiger partial charge in [0.1, 0.15) is 5.56 Å². The molecule has 1 heterocycles. The summed E-state index contributed by atoms with van der Waals surface area (Å²) >= 11 is 0. The van der Waals surface area contributed by atoms with Gasteiger partial charge in [-0.05, 0) is 25.5 Å². The average molecular weight is 224 g/mol. The number of rotatable bonds is 4. The minimum atomic E-state index is -0.374. The zero-order valence-corrected chi connectivity index (χ0v) is 9.72. The van der Waals surface area contributed by atoms with Crippen molar-refractivity contribution in [2.24, 2.45) is 0 Å². The number of hydrogen-bond donors (Lipinski definition) is 2. The number of ether oxygens (including phenoxy) is 1. The number of aryl methyl sites for hydroxylation is 2. The molecule has 0 radical (unpaired) electrons. The Morgan fingerprint density at radius 2 is 2.19 bits per heavy atom. The van der Waals surface area contributed by atoms with Crippen LogP contribution in [0.15, 0.2) is 10.9 Å². The Kier molecular flexibility index (Phi) is 4.25. The first kappa shape index (κ1) is 12.4. The molecular formula is C11H16N2O3. The Morgan fingerprint density at radius 3 is 2.81 bits per heavy atom. The van der Waals surface area contributed by atoms with Crippen LogP contribution in [0.5, 0.6) is 0 Å². The largest absolute Gasteiger partial charge is 0.383 e. The number of methoxy groups -OCH3 is 1. The molecule has 0 unspecified atom stereocenters. The SMILES string of the molecule is COCCNC(=O)c1cc(C)c(C)[nH]c1=O. The summed E-state index contributed by atoms with van der Waals surface area (Å²) in [7, 11) is 1.55.